The second-order valence-corrected chi connectivity index (χ2v) is 6.57. The number of fused-ring (bicyclic) bond motifs is 1. The first kappa shape index (κ1) is 16.3. The Labute approximate surface area is 151 Å². The molecule has 132 valence electrons. The Bertz CT molecular complexity index is 973. The monoisotopic (exact) mass is 348 g/mol. The van der Waals surface area contributed by atoms with Crippen LogP contribution >= 0.6 is 0 Å². The molecule has 1 atom stereocenters. The van der Waals surface area contributed by atoms with Gasteiger partial charge in [0.1, 0.15) is 5.52 Å². The average Bonchev–Trinajstić information content (AvgIpc) is 3.11. The number of hydrogen-bond donors (Lipinski definition) is 2. The van der Waals surface area contributed by atoms with Crippen molar-refractivity contribution in [1.29, 1.82) is 0 Å². The third kappa shape index (κ3) is 3.15. The quantitative estimate of drug-likeness (QED) is 0.754. The van der Waals surface area contributed by atoms with Gasteiger partial charge >= 0.3 is 0 Å². The normalized spacial score (nSPS) is 16.8. The molecule has 2 aromatic heterocycles. The van der Waals surface area contributed by atoms with Crippen LogP contribution < -0.4 is 16.0 Å². The van der Waals surface area contributed by atoms with Crippen LogP contribution in [0.5, 0.6) is 0 Å². The number of nitrogen functional groups attached to an aromatic ring is 1. The van der Waals surface area contributed by atoms with Crippen molar-refractivity contribution < 1.29 is 4.79 Å². The number of benzene rings is 1. The second-order valence-electron chi connectivity index (χ2n) is 6.57. The molecule has 1 aliphatic heterocycles. The number of aryl methyl sites for hydroxylation is 1. The molecule has 3 N–H and O–H groups in total. The molecule has 0 aliphatic carbocycles. The van der Waals surface area contributed by atoms with E-state index in [4.69, 9.17) is 5.73 Å². The van der Waals surface area contributed by atoms with Crippen LogP contribution in [0.15, 0.2) is 42.6 Å². The van der Waals surface area contributed by atoms with Crippen molar-refractivity contribution in [2.24, 2.45) is 5.92 Å². The topological polar surface area (TPSA) is 97.0 Å². The number of carbonyl (C=O) groups is 1. The summed E-state index contributed by atoms with van der Waals surface area (Å²) >= 11 is 0. The molecule has 1 fully saturated rings. The third-order valence-corrected chi connectivity index (χ3v) is 4.60. The lowest BCUT2D eigenvalue weighted by atomic mass is 10.1. The maximum atomic E-state index is 12.6. The van der Waals surface area contributed by atoms with Gasteiger partial charge in [0.15, 0.2) is 5.82 Å². The first-order valence-electron chi connectivity index (χ1n) is 8.61. The highest BCUT2D eigenvalue weighted by Crippen LogP contribution is 2.28. The van der Waals surface area contributed by atoms with Gasteiger partial charge in [-0.2, -0.15) is 4.98 Å². The van der Waals surface area contributed by atoms with Gasteiger partial charge in [0.2, 0.25) is 11.9 Å². The molecule has 3 heterocycles. The molecule has 7 nitrogen and oxygen atoms in total. The van der Waals surface area contributed by atoms with Crippen LogP contribution in [0.4, 0.5) is 17.5 Å². The Hall–Kier alpha value is -3.22. The zero-order chi connectivity index (χ0) is 18.1. The fraction of sp³-hybridized carbons (Fsp3) is 0.263. The summed E-state index contributed by atoms with van der Waals surface area (Å²) in [4.78, 5) is 27.7. The molecule has 0 unspecified atom stereocenters. The largest absolute Gasteiger partial charge is 0.368 e. The first-order chi connectivity index (χ1) is 12.6. The average molecular weight is 348 g/mol. The number of nitrogens with two attached hydrogens (primary N) is 1. The zero-order valence-corrected chi connectivity index (χ0v) is 14.5. The van der Waals surface area contributed by atoms with Crippen LogP contribution in [0.2, 0.25) is 0 Å². The summed E-state index contributed by atoms with van der Waals surface area (Å²) in [6.45, 7) is 3.32. The van der Waals surface area contributed by atoms with Crippen molar-refractivity contribution in [3.63, 3.8) is 0 Å². The minimum atomic E-state index is -0.106. The fourth-order valence-corrected chi connectivity index (χ4v) is 3.32. The Balaban J connectivity index is 1.53. The van der Waals surface area contributed by atoms with E-state index in [-0.39, 0.29) is 17.8 Å². The van der Waals surface area contributed by atoms with Gasteiger partial charge in [-0.25, -0.2) is 4.98 Å². The fourth-order valence-electron chi connectivity index (χ4n) is 3.32. The first-order valence-corrected chi connectivity index (χ1v) is 8.61. The molecular weight excluding hydrogens is 328 g/mol. The van der Waals surface area contributed by atoms with Crippen LogP contribution in [0.1, 0.15) is 12.0 Å². The van der Waals surface area contributed by atoms with E-state index in [1.807, 2.05) is 43.3 Å². The van der Waals surface area contributed by atoms with Crippen molar-refractivity contribution in [2.75, 3.05) is 29.0 Å². The lowest BCUT2D eigenvalue weighted by molar-refractivity contribution is -0.119. The molecule has 26 heavy (non-hydrogen) atoms. The molecule has 4 rings (SSSR count). The van der Waals surface area contributed by atoms with Crippen molar-refractivity contribution in [2.45, 2.75) is 13.3 Å². The number of aromatic nitrogens is 3. The van der Waals surface area contributed by atoms with Gasteiger partial charge in [-0.05, 0) is 43.2 Å². The standard InChI is InChI=1S/C19H20N6O/c1-12-4-2-5-14(10-12)22-18(26)13-7-9-25(11-13)17-16-15(6-3-8-21-16)23-19(20)24-17/h2-6,8,10,13H,7,9,11H2,1H3,(H,22,26)(H2,20,23,24)/t13-/m0/s1. The smallest absolute Gasteiger partial charge is 0.229 e. The van der Waals surface area contributed by atoms with Crippen LogP contribution in [0.3, 0.4) is 0 Å². The number of anilines is 3. The van der Waals surface area contributed by atoms with E-state index in [2.05, 4.69) is 25.2 Å². The van der Waals surface area contributed by atoms with E-state index in [0.29, 0.717) is 23.4 Å². The number of carbonyl (C=O) groups excluding carboxylic acids is 1. The van der Waals surface area contributed by atoms with E-state index in [9.17, 15) is 4.79 Å². The molecule has 0 saturated carbocycles. The molecule has 1 amide bonds. The number of rotatable bonds is 3. The Morgan fingerprint density at radius 3 is 3.00 bits per heavy atom. The molecule has 7 heteroatoms. The predicted octanol–water partition coefficient (Wildman–Crippen LogP) is 2.38. The minimum Gasteiger partial charge on any atom is -0.368 e. The maximum absolute atomic E-state index is 12.6. The summed E-state index contributed by atoms with van der Waals surface area (Å²) in [5.74, 6) is 0.829. The van der Waals surface area contributed by atoms with Crippen LogP contribution in [0, 0.1) is 12.8 Å². The minimum absolute atomic E-state index is 0.0254. The summed E-state index contributed by atoms with van der Waals surface area (Å²) in [5, 5.41) is 3.01. The molecule has 1 saturated heterocycles. The number of nitrogens with zero attached hydrogens (tertiary/aromatic N) is 4. The van der Waals surface area contributed by atoms with Crippen LogP contribution in [-0.4, -0.2) is 33.9 Å². The molecule has 3 aromatic rings. The molecule has 1 aliphatic rings. The van der Waals surface area contributed by atoms with E-state index in [1.54, 1.807) is 6.20 Å². The van der Waals surface area contributed by atoms with Crippen molar-refractivity contribution >= 4 is 34.4 Å². The highest BCUT2D eigenvalue weighted by molar-refractivity contribution is 5.94. The van der Waals surface area contributed by atoms with Crippen molar-refractivity contribution in [1.82, 2.24) is 15.0 Å². The summed E-state index contributed by atoms with van der Waals surface area (Å²) in [5.41, 5.74) is 9.21. The number of nitrogens with one attached hydrogen (secondary N) is 1. The number of amides is 1. The number of pyridine rings is 1. The summed E-state index contributed by atoms with van der Waals surface area (Å²) in [6.07, 6.45) is 2.47. The molecule has 0 radical (unpaired) electrons. The zero-order valence-electron chi connectivity index (χ0n) is 14.5. The third-order valence-electron chi connectivity index (χ3n) is 4.60. The van der Waals surface area contributed by atoms with Gasteiger partial charge in [-0.15, -0.1) is 0 Å². The van der Waals surface area contributed by atoms with Gasteiger partial charge in [-0.1, -0.05) is 12.1 Å². The highest BCUT2D eigenvalue weighted by atomic mass is 16.1. The van der Waals surface area contributed by atoms with Crippen molar-refractivity contribution in [3.05, 3.63) is 48.2 Å². The Kier molecular flexibility index (Phi) is 4.12. The van der Waals surface area contributed by atoms with E-state index in [0.717, 1.165) is 24.2 Å². The molecular formula is C19H20N6O. The van der Waals surface area contributed by atoms with Gasteiger partial charge in [0, 0.05) is 25.0 Å². The van der Waals surface area contributed by atoms with Crippen molar-refractivity contribution in [3.8, 4) is 0 Å². The Morgan fingerprint density at radius 1 is 1.27 bits per heavy atom. The lowest BCUT2D eigenvalue weighted by Gasteiger charge is -2.19. The summed E-state index contributed by atoms with van der Waals surface area (Å²) in [7, 11) is 0. The van der Waals surface area contributed by atoms with Gasteiger partial charge < -0.3 is 16.0 Å². The van der Waals surface area contributed by atoms with Crippen LogP contribution in [-0.2, 0) is 4.79 Å². The number of hydrogen-bond acceptors (Lipinski definition) is 6. The SMILES string of the molecule is Cc1cccc(NC(=O)[C@H]2CCN(c3nc(N)nc4cccnc34)C2)c1. The van der Waals surface area contributed by atoms with Gasteiger partial charge in [-0.3, -0.25) is 9.78 Å². The van der Waals surface area contributed by atoms with E-state index < -0.39 is 0 Å². The predicted molar refractivity (Wildman–Crippen MR) is 102 cm³/mol. The second kappa shape index (κ2) is 6.59. The molecule has 1 aromatic carbocycles. The maximum Gasteiger partial charge on any atom is 0.229 e. The van der Waals surface area contributed by atoms with Gasteiger partial charge in [0.25, 0.3) is 0 Å². The Morgan fingerprint density at radius 2 is 2.15 bits per heavy atom. The summed E-state index contributed by atoms with van der Waals surface area (Å²) in [6, 6.07) is 11.5. The van der Waals surface area contributed by atoms with E-state index in [1.165, 1.54) is 0 Å². The summed E-state index contributed by atoms with van der Waals surface area (Å²) < 4.78 is 0. The van der Waals surface area contributed by atoms with Gasteiger partial charge in [0.05, 0.1) is 11.4 Å². The van der Waals surface area contributed by atoms with E-state index >= 15 is 0 Å². The molecule has 0 spiro atoms. The highest BCUT2D eigenvalue weighted by Gasteiger charge is 2.30. The van der Waals surface area contributed by atoms with Crippen LogP contribution in [0.25, 0.3) is 11.0 Å². The lowest BCUT2D eigenvalue weighted by Crippen LogP contribution is -2.27. The molecule has 0 bridgehead atoms.